The standard InChI is InChI=1S/C12H24N2O4/c1-10(18)14-3-2-11(5-14)4-13-6-12(7-15,8-16)9-17/h11,13,15-17H,2-9H2,1H3/t11-/m0/s1. The molecule has 4 N–H and O–H groups in total. The molecule has 1 fully saturated rings. The molecule has 6 heteroatoms. The molecule has 0 radical (unpaired) electrons. The van der Waals surface area contributed by atoms with Gasteiger partial charge in [0, 0.05) is 26.6 Å². The van der Waals surface area contributed by atoms with Gasteiger partial charge in [-0.2, -0.15) is 0 Å². The maximum atomic E-state index is 11.2. The van der Waals surface area contributed by atoms with Gasteiger partial charge in [-0.15, -0.1) is 0 Å². The average molecular weight is 260 g/mol. The molecule has 1 rings (SSSR count). The Morgan fingerprint density at radius 1 is 1.33 bits per heavy atom. The molecule has 1 saturated heterocycles. The zero-order valence-electron chi connectivity index (χ0n) is 10.9. The molecule has 0 bridgehead atoms. The summed E-state index contributed by atoms with van der Waals surface area (Å²) in [6, 6.07) is 0. The van der Waals surface area contributed by atoms with Crippen molar-refractivity contribution in [3.05, 3.63) is 0 Å². The molecule has 0 aromatic carbocycles. The van der Waals surface area contributed by atoms with Crippen molar-refractivity contribution in [3.63, 3.8) is 0 Å². The maximum absolute atomic E-state index is 11.2. The summed E-state index contributed by atoms with van der Waals surface area (Å²) >= 11 is 0. The van der Waals surface area contributed by atoms with E-state index in [0.717, 1.165) is 26.1 Å². The summed E-state index contributed by atoms with van der Waals surface area (Å²) in [5.74, 6) is 0.510. The fourth-order valence-corrected chi connectivity index (χ4v) is 2.14. The smallest absolute Gasteiger partial charge is 0.219 e. The fourth-order valence-electron chi connectivity index (χ4n) is 2.14. The largest absolute Gasteiger partial charge is 0.396 e. The van der Waals surface area contributed by atoms with E-state index in [2.05, 4.69) is 5.32 Å². The van der Waals surface area contributed by atoms with Crippen LogP contribution in [0.15, 0.2) is 0 Å². The van der Waals surface area contributed by atoms with Crippen molar-refractivity contribution in [1.82, 2.24) is 10.2 Å². The van der Waals surface area contributed by atoms with Crippen molar-refractivity contribution >= 4 is 5.91 Å². The van der Waals surface area contributed by atoms with Crippen LogP contribution in [0.2, 0.25) is 0 Å². The topological polar surface area (TPSA) is 93.0 Å². The normalized spacial score (nSPS) is 20.4. The Labute approximate surface area is 108 Å². The summed E-state index contributed by atoms with van der Waals surface area (Å²) in [4.78, 5) is 13.0. The minimum atomic E-state index is -0.862. The monoisotopic (exact) mass is 260 g/mol. The molecule has 0 saturated carbocycles. The second-order valence-corrected chi connectivity index (χ2v) is 5.22. The number of carbonyl (C=O) groups is 1. The van der Waals surface area contributed by atoms with Gasteiger partial charge in [-0.05, 0) is 18.9 Å². The second kappa shape index (κ2) is 7.04. The lowest BCUT2D eigenvalue weighted by molar-refractivity contribution is -0.127. The van der Waals surface area contributed by atoms with Crippen LogP contribution in [0.3, 0.4) is 0 Å². The number of nitrogens with one attached hydrogen (secondary N) is 1. The molecule has 1 aliphatic rings. The van der Waals surface area contributed by atoms with E-state index in [4.69, 9.17) is 0 Å². The number of rotatable bonds is 7. The first-order valence-corrected chi connectivity index (χ1v) is 6.35. The van der Waals surface area contributed by atoms with Gasteiger partial charge in [-0.25, -0.2) is 0 Å². The van der Waals surface area contributed by atoms with Gasteiger partial charge >= 0.3 is 0 Å². The van der Waals surface area contributed by atoms with Crippen LogP contribution in [-0.2, 0) is 4.79 Å². The van der Waals surface area contributed by atoms with Crippen molar-refractivity contribution in [2.24, 2.45) is 11.3 Å². The molecule has 106 valence electrons. The summed E-state index contributed by atoms with van der Waals surface area (Å²) in [5.41, 5.74) is -0.862. The maximum Gasteiger partial charge on any atom is 0.219 e. The fraction of sp³-hybridized carbons (Fsp3) is 0.917. The lowest BCUT2D eigenvalue weighted by atomic mass is 9.91. The van der Waals surface area contributed by atoms with Crippen molar-refractivity contribution in [2.45, 2.75) is 13.3 Å². The number of hydrogen-bond donors (Lipinski definition) is 4. The highest BCUT2D eigenvalue weighted by Crippen LogP contribution is 2.17. The Kier molecular flexibility index (Phi) is 6.01. The molecular formula is C12H24N2O4. The van der Waals surface area contributed by atoms with Gasteiger partial charge in [-0.1, -0.05) is 0 Å². The lowest BCUT2D eigenvalue weighted by Gasteiger charge is -2.28. The molecule has 1 aliphatic heterocycles. The molecular weight excluding hydrogens is 236 g/mol. The van der Waals surface area contributed by atoms with Crippen LogP contribution in [0, 0.1) is 11.3 Å². The molecule has 0 spiro atoms. The molecule has 0 aromatic heterocycles. The van der Waals surface area contributed by atoms with Crippen molar-refractivity contribution in [1.29, 1.82) is 0 Å². The number of amides is 1. The second-order valence-electron chi connectivity index (χ2n) is 5.22. The first-order valence-electron chi connectivity index (χ1n) is 6.35. The summed E-state index contributed by atoms with van der Waals surface area (Å²) in [6.07, 6.45) is 0.969. The number of hydrogen-bond acceptors (Lipinski definition) is 5. The van der Waals surface area contributed by atoms with Crippen molar-refractivity contribution in [2.75, 3.05) is 46.0 Å². The zero-order valence-corrected chi connectivity index (χ0v) is 10.9. The third-order valence-corrected chi connectivity index (χ3v) is 3.67. The van der Waals surface area contributed by atoms with Gasteiger partial charge in [0.05, 0.1) is 25.2 Å². The SMILES string of the molecule is CC(=O)N1CC[C@@H](CNCC(CO)(CO)CO)C1. The summed E-state index contributed by atoms with van der Waals surface area (Å²) in [5, 5.41) is 30.7. The molecule has 18 heavy (non-hydrogen) atoms. The first-order chi connectivity index (χ1) is 8.56. The molecule has 1 amide bonds. The predicted molar refractivity (Wildman–Crippen MR) is 66.9 cm³/mol. The van der Waals surface area contributed by atoms with E-state index in [0.29, 0.717) is 12.5 Å². The van der Waals surface area contributed by atoms with E-state index in [1.165, 1.54) is 0 Å². The Morgan fingerprint density at radius 3 is 2.39 bits per heavy atom. The molecule has 1 heterocycles. The van der Waals surface area contributed by atoms with Gasteiger partial charge in [0.15, 0.2) is 0 Å². The van der Waals surface area contributed by atoms with Gasteiger partial charge in [0.2, 0.25) is 5.91 Å². The van der Waals surface area contributed by atoms with E-state index in [-0.39, 0.29) is 25.7 Å². The molecule has 6 nitrogen and oxygen atoms in total. The summed E-state index contributed by atoms with van der Waals surface area (Å²) in [6.45, 7) is 3.47. The third-order valence-electron chi connectivity index (χ3n) is 3.67. The third kappa shape index (κ3) is 3.91. The predicted octanol–water partition coefficient (Wildman–Crippen LogP) is -1.59. The van der Waals surface area contributed by atoms with Crippen LogP contribution in [0.4, 0.5) is 0 Å². The molecule has 0 aromatic rings. The Balaban J connectivity index is 2.28. The lowest BCUT2D eigenvalue weighted by Crippen LogP contribution is -2.44. The highest BCUT2D eigenvalue weighted by atomic mass is 16.3. The van der Waals surface area contributed by atoms with E-state index in [1.807, 2.05) is 4.90 Å². The highest BCUT2D eigenvalue weighted by Gasteiger charge is 2.29. The van der Waals surface area contributed by atoms with Crippen LogP contribution in [0.1, 0.15) is 13.3 Å². The quantitative estimate of drug-likeness (QED) is 0.443. The number of likely N-dealkylation sites (tertiary alicyclic amines) is 1. The average Bonchev–Trinajstić information content (AvgIpc) is 2.84. The van der Waals surface area contributed by atoms with Crippen LogP contribution >= 0.6 is 0 Å². The number of carbonyl (C=O) groups excluding carboxylic acids is 1. The minimum absolute atomic E-state index is 0.105. The van der Waals surface area contributed by atoms with Crippen LogP contribution in [-0.4, -0.2) is 72.1 Å². The van der Waals surface area contributed by atoms with Crippen molar-refractivity contribution in [3.8, 4) is 0 Å². The van der Waals surface area contributed by atoms with Crippen LogP contribution in [0.5, 0.6) is 0 Å². The highest BCUT2D eigenvalue weighted by molar-refractivity contribution is 5.73. The Bertz CT molecular complexity index is 261. The first kappa shape index (κ1) is 15.4. The zero-order chi connectivity index (χ0) is 13.6. The Hall–Kier alpha value is -0.690. The van der Waals surface area contributed by atoms with Gasteiger partial charge in [0.1, 0.15) is 0 Å². The summed E-state index contributed by atoms with van der Waals surface area (Å²) < 4.78 is 0. The molecule has 1 atom stereocenters. The van der Waals surface area contributed by atoms with Gasteiger partial charge in [-0.3, -0.25) is 4.79 Å². The Morgan fingerprint density at radius 2 is 1.94 bits per heavy atom. The van der Waals surface area contributed by atoms with E-state index >= 15 is 0 Å². The van der Waals surface area contributed by atoms with Crippen LogP contribution < -0.4 is 5.32 Å². The number of nitrogens with zero attached hydrogens (tertiary/aromatic N) is 1. The molecule has 0 aliphatic carbocycles. The van der Waals surface area contributed by atoms with E-state index in [1.54, 1.807) is 6.92 Å². The van der Waals surface area contributed by atoms with Gasteiger partial charge < -0.3 is 25.5 Å². The van der Waals surface area contributed by atoms with Crippen molar-refractivity contribution < 1.29 is 20.1 Å². The van der Waals surface area contributed by atoms with E-state index in [9.17, 15) is 20.1 Å². The summed E-state index contributed by atoms with van der Waals surface area (Å²) in [7, 11) is 0. The number of aliphatic hydroxyl groups is 3. The molecule has 0 unspecified atom stereocenters. The number of aliphatic hydroxyl groups excluding tert-OH is 3. The van der Waals surface area contributed by atoms with Gasteiger partial charge in [0.25, 0.3) is 0 Å². The minimum Gasteiger partial charge on any atom is -0.396 e. The van der Waals surface area contributed by atoms with E-state index < -0.39 is 5.41 Å². The van der Waals surface area contributed by atoms with Crippen LogP contribution in [0.25, 0.3) is 0 Å².